The van der Waals surface area contributed by atoms with Gasteiger partial charge in [-0.15, -0.1) is 0 Å². The molecule has 126 valence electrons. The van der Waals surface area contributed by atoms with Crippen molar-refractivity contribution in [3.8, 4) is 5.75 Å². The van der Waals surface area contributed by atoms with Crippen LogP contribution in [-0.4, -0.2) is 38.8 Å². The number of aromatic nitrogens is 2. The molecule has 2 N–H and O–H groups in total. The summed E-state index contributed by atoms with van der Waals surface area (Å²) < 4.78 is 6.14. The van der Waals surface area contributed by atoms with Gasteiger partial charge in [0.2, 0.25) is 0 Å². The molecule has 0 fully saturated rings. The standard InChI is InChI=1S/C14H14N4O6/c1-24-9-2-3-10(12(8-9)18(22)23)16-14(21)11-4-6-15-17(11)7-5-13(19)20/h2-4,6,8H,5,7H2,1H3,(H,16,21)(H,19,20). The van der Waals surface area contributed by atoms with Crippen molar-refractivity contribution in [3.05, 3.63) is 46.3 Å². The Morgan fingerprint density at radius 1 is 1.42 bits per heavy atom. The van der Waals surface area contributed by atoms with Gasteiger partial charge < -0.3 is 15.2 Å². The smallest absolute Gasteiger partial charge is 0.305 e. The zero-order chi connectivity index (χ0) is 17.7. The van der Waals surface area contributed by atoms with Crippen LogP contribution in [0.3, 0.4) is 0 Å². The summed E-state index contributed by atoms with van der Waals surface area (Å²) in [5.74, 6) is -1.37. The van der Waals surface area contributed by atoms with Crippen molar-refractivity contribution in [1.82, 2.24) is 9.78 Å². The Bertz CT molecular complexity index is 785. The van der Waals surface area contributed by atoms with E-state index in [1.807, 2.05) is 0 Å². The second-order valence-electron chi connectivity index (χ2n) is 4.68. The molecule has 0 spiro atoms. The molecule has 1 aromatic carbocycles. The summed E-state index contributed by atoms with van der Waals surface area (Å²) in [4.78, 5) is 33.4. The number of hydrogen-bond donors (Lipinski definition) is 2. The number of carbonyl (C=O) groups is 2. The molecule has 24 heavy (non-hydrogen) atoms. The van der Waals surface area contributed by atoms with E-state index in [-0.39, 0.29) is 35.8 Å². The maximum absolute atomic E-state index is 12.3. The number of nitrogens with zero attached hydrogens (tertiary/aromatic N) is 3. The van der Waals surface area contributed by atoms with Crippen molar-refractivity contribution in [3.63, 3.8) is 0 Å². The van der Waals surface area contributed by atoms with Crippen LogP contribution in [0.15, 0.2) is 30.5 Å². The molecular weight excluding hydrogens is 320 g/mol. The topological polar surface area (TPSA) is 137 Å². The van der Waals surface area contributed by atoms with Crippen molar-refractivity contribution < 1.29 is 24.4 Å². The molecular formula is C14H14N4O6. The maximum Gasteiger partial charge on any atom is 0.305 e. The molecule has 0 atom stereocenters. The SMILES string of the molecule is COc1ccc(NC(=O)c2ccnn2CCC(=O)O)c([N+](=O)[O-])c1. The average Bonchev–Trinajstić information content (AvgIpc) is 3.01. The number of carbonyl (C=O) groups excluding carboxylic acids is 1. The third kappa shape index (κ3) is 3.85. The van der Waals surface area contributed by atoms with Gasteiger partial charge in [-0.1, -0.05) is 0 Å². The Balaban J connectivity index is 2.23. The summed E-state index contributed by atoms with van der Waals surface area (Å²) >= 11 is 0. The van der Waals surface area contributed by atoms with Crippen LogP contribution < -0.4 is 10.1 Å². The predicted molar refractivity (Wildman–Crippen MR) is 82.1 cm³/mol. The lowest BCUT2D eigenvalue weighted by Crippen LogP contribution is -2.19. The van der Waals surface area contributed by atoms with E-state index >= 15 is 0 Å². The molecule has 0 aliphatic heterocycles. The van der Waals surface area contributed by atoms with Gasteiger partial charge in [0.1, 0.15) is 17.1 Å². The molecule has 0 saturated heterocycles. The highest BCUT2D eigenvalue weighted by Crippen LogP contribution is 2.29. The van der Waals surface area contributed by atoms with Crippen molar-refractivity contribution in [2.24, 2.45) is 0 Å². The van der Waals surface area contributed by atoms with Gasteiger partial charge in [0, 0.05) is 6.20 Å². The van der Waals surface area contributed by atoms with Gasteiger partial charge in [0.15, 0.2) is 0 Å². The zero-order valence-electron chi connectivity index (χ0n) is 12.6. The minimum absolute atomic E-state index is 0.00298. The second-order valence-corrected chi connectivity index (χ2v) is 4.68. The molecule has 0 aliphatic rings. The molecule has 0 bridgehead atoms. The second kappa shape index (κ2) is 7.22. The first-order chi connectivity index (χ1) is 11.4. The van der Waals surface area contributed by atoms with Crippen LogP contribution in [0.4, 0.5) is 11.4 Å². The molecule has 0 radical (unpaired) electrons. The highest BCUT2D eigenvalue weighted by molar-refractivity contribution is 6.04. The van der Waals surface area contributed by atoms with E-state index in [1.165, 1.54) is 42.3 Å². The van der Waals surface area contributed by atoms with Crippen LogP contribution >= 0.6 is 0 Å². The van der Waals surface area contributed by atoms with E-state index in [0.29, 0.717) is 0 Å². The molecule has 2 rings (SSSR count). The third-order valence-electron chi connectivity index (χ3n) is 3.14. The predicted octanol–water partition coefficient (Wildman–Crippen LogP) is 1.53. The van der Waals surface area contributed by atoms with E-state index in [0.717, 1.165) is 0 Å². The summed E-state index contributed by atoms with van der Waals surface area (Å²) in [6.45, 7) is 0.00971. The minimum Gasteiger partial charge on any atom is -0.496 e. The monoisotopic (exact) mass is 334 g/mol. The Morgan fingerprint density at radius 3 is 2.79 bits per heavy atom. The average molecular weight is 334 g/mol. The van der Waals surface area contributed by atoms with Gasteiger partial charge in [0.05, 0.1) is 31.1 Å². The van der Waals surface area contributed by atoms with Crippen LogP contribution in [-0.2, 0) is 11.3 Å². The molecule has 2 aromatic rings. The Kier molecular flexibility index (Phi) is 5.09. The number of aliphatic carboxylic acids is 1. The van der Waals surface area contributed by atoms with Gasteiger partial charge in [-0.3, -0.25) is 24.4 Å². The van der Waals surface area contributed by atoms with Gasteiger partial charge in [-0.05, 0) is 18.2 Å². The lowest BCUT2D eigenvalue weighted by Gasteiger charge is -2.09. The number of nitro benzene ring substituents is 1. The quantitative estimate of drug-likeness (QED) is 0.578. The summed E-state index contributed by atoms with van der Waals surface area (Å²) in [5.41, 5.74) is -0.225. The summed E-state index contributed by atoms with van der Waals surface area (Å²) in [5, 5.41) is 26.1. The van der Waals surface area contributed by atoms with Gasteiger partial charge in [0.25, 0.3) is 11.6 Å². The van der Waals surface area contributed by atoms with Crippen molar-refractivity contribution in [1.29, 1.82) is 0 Å². The van der Waals surface area contributed by atoms with E-state index < -0.39 is 16.8 Å². The van der Waals surface area contributed by atoms with Gasteiger partial charge in [-0.25, -0.2) is 0 Å². The summed E-state index contributed by atoms with van der Waals surface area (Å²) in [6.07, 6.45) is 1.14. The van der Waals surface area contributed by atoms with E-state index in [9.17, 15) is 19.7 Å². The molecule has 1 amide bonds. The van der Waals surface area contributed by atoms with Crippen molar-refractivity contribution in [2.45, 2.75) is 13.0 Å². The molecule has 10 heteroatoms. The summed E-state index contributed by atoms with van der Waals surface area (Å²) in [7, 11) is 1.37. The number of amides is 1. The van der Waals surface area contributed by atoms with Crippen LogP contribution in [0.2, 0.25) is 0 Å². The first-order valence-corrected chi connectivity index (χ1v) is 6.79. The number of anilines is 1. The number of carboxylic acid groups (broad SMARTS) is 1. The van der Waals surface area contributed by atoms with E-state index in [2.05, 4.69) is 10.4 Å². The fourth-order valence-corrected chi connectivity index (χ4v) is 1.99. The molecule has 0 aliphatic carbocycles. The fraction of sp³-hybridized carbons (Fsp3) is 0.214. The van der Waals surface area contributed by atoms with E-state index in [4.69, 9.17) is 9.84 Å². The maximum atomic E-state index is 12.3. The van der Waals surface area contributed by atoms with Crippen molar-refractivity contribution in [2.75, 3.05) is 12.4 Å². The lowest BCUT2D eigenvalue weighted by atomic mass is 10.2. The number of nitro groups is 1. The Hall–Kier alpha value is -3.43. The fourth-order valence-electron chi connectivity index (χ4n) is 1.99. The molecule has 1 aromatic heterocycles. The number of ether oxygens (including phenoxy) is 1. The number of aryl methyl sites for hydroxylation is 1. The molecule has 1 heterocycles. The number of nitrogens with one attached hydrogen (secondary N) is 1. The largest absolute Gasteiger partial charge is 0.496 e. The number of hydrogen-bond acceptors (Lipinski definition) is 6. The molecule has 10 nitrogen and oxygen atoms in total. The number of rotatable bonds is 7. The lowest BCUT2D eigenvalue weighted by molar-refractivity contribution is -0.384. The van der Waals surface area contributed by atoms with Crippen molar-refractivity contribution >= 4 is 23.3 Å². The Morgan fingerprint density at radius 2 is 2.17 bits per heavy atom. The van der Waals surface area contributed by atoms with Crippen LogP contribution in [0.1, 0.15) is 16.9 Å². The number of carboxylic acids is 1. The molecule has 0 unspecified atom stereocenters. The van der Waals surface area contributed by atoms with Gasteiger partial charge >= 0.3 is 5.97 Å². The highest BCUT2D eigenvalue weighted by Gasteiger charge is 2.20. The van der Waals surface area contributed by atoms with Crippen LogP contribution in [0, 0.1) is 10.1 Å². The number of methoxy groups -OCH3 is 1. The number of benzene rings is 1. The third-order valence-corrected chi connectivity index (χ3v) is 3.14. The highest BCUT2D eigenvalue weighted by atomic mass is 16.6. The Labute approximate surface area is 135 Å². The summed E-state index contributed by atoms with van der Waals surface area (Å²) in [6, 6.07) is 5.42. The van der Waals surface area contributed by atoms with Crippen LogP contribution in [0.5, 0.6) is 5.75 Å². The molecule has 0 saturated carbocycles. The first kappa shape index (κ1) is 16.9. The van der Waals surface area contributed by atoms with Crippen LogP contribution in [0.25, 0.3) is 0 Å². The first-order valence-electron chi connectivity index (χ1n) is 6.79. The zero-order valence-corrected chi connectivity index (χ0v) is 12.6. The minimum atomic E-state index is -1.03. The van der Waals surface area contributed by atoms with Gasteiger partial charge in [-0.2, -0.15) is 5.10 Å². The normalized spacial score (nSPS) is 10.2. The van der Waals surface area contributed by atoms with E-state index in [1.54, 1.807) is 0 Å².